The molecule has 0 amide bonds. The van der Waals surface area contributed by atoms with Gasteiger partial charge in [-0.1, -0.05) is 18.2 Å². The molecule has 0 unspecified atom stereocenters. The number of hydrogen-bond acceptors (Lipinski definition) is 3. The summed E-state index contributed by atoms with van der Waals surface area (Å²) >= 11 is 1.66. The molecule has 1 N–H and O–H groups in total. The molecule has 0 saturated carbocycles. The van der Waals surface area contributed by atoms with Gasteiger partial charge in [0.15, 0.2) is 0 Å². The molecule has 0 spiro atoms. The first-order valence-corrected chi connectivity index (χ1v) is 6.16. The summed E-state index contributed by atoms with van der Waals surface area (Å²) < 4.78 is 5.15. The third kappa shape index (κ3) is 2.91. The van der Waals surface area contributed by atoms with Crippen LogP contribution in [-0.2, 0) is 5.75 Å². The molecule has 0 radical (unpaired) electrons. The molecular formula is C13H12O3S. The summed E-state index contributed by atoms with van der Waals surface area (Å²) in [5.41, 5.74) is 0.927. The van der Waals surface area contributed by atoms with Gasteiger partial charge in [-0.05, 0) is 25.1 Å². The lowest BCUT2D eigenvalue weighted by molar-refractivity contribution is 0.0661. The lowest BCUT2D eigenvalue weighted by atomic mass is 10.3. The van der Waals surface area contributed by atoms with Crippen molar-refractivity contribution in [3.05, 3.63) is 53.5 Å². The van der Waals surface area contributed by atoms with E-state index in [0.717, 1.165) is 10.5 Å². The molecule has 2 rings (SSSR count). The molecule has 0 fully saturated rings. The van der Waals surface area contributed by atoms with Crippen LogP contribution >= 0.6 is 11.8 Å². The van der Waals surface area contributed by atoms with Gasteiger partial charge in [-0.2, -0.15) is 0 Å². The van der Waals surface area contributed by atoms with Crippen molar-refractivity contribution in [1.29, 1.82) is 0 Å². The van der Waals surface area contributed by atoms with Crippen molar-refractivity contribution in [2.45, 2.75) is 17.6 Å². The van der Waals surface area contributed by atoms with Gasteiger partial charge in [-0.15, -0.1) is 11.8 Å². The summed E-state index contributed by atoms with van der Waals surface area (Å²) in [5.74, 6) is 0.369. The van der Waals surface area contributed by atoms with E-state index in [-0.39, 0.29) is 5.76 Å². The number of thioether (sulfide) groups is 1. The summed E-state index contributed by atoms with van der Waals surface area (Å²) in [5, 5.41) is 8.81. The Morgan fingerprint density at radius 3 is 2.65 bits per heavy atom. The summed E-state index contributed by atoms with van der Waals surface area (Å²) in [6, 6.07) is 11.6. The van der Waals surface area contributed by atoms with Gasteiger partial charge >= 0.3 is 5.97 Å². The normalized spacial score (nSPS) is 10.4. The van der Waals surface area contributed by atoms with Gasteiger partial charge in [-0.25, -0.2) is 4.79 Å². The van der Waals surface area contributed by atoms with E-state index in [1.807, 2.05) is 30.3 Å². The van der Waals surface area contributed by atoms with E-state index >= 15 is 0 Å². The Bertz CT molecular complexity index is 517. The fourth-order valence-corrected chi connectivity index (χ4v) is 2.40. The molecular weight excluding hydrogens is 236 g/mol. The first-order chi connectivity index (χ1) is 8.16. The molecule has 88 valence electrons. The standard InChI is InChI=1S/C13H12O3S/c1-9-10(7-12(16-9)13(14)15)8-17-11-5-3-2-4-6-11/h2-7H,8H2,1H3,(H,14,15). The van der Waals surface area contributed by atoms with E-state index in [4.69, 9.17) is 9.52 Å². The molecule has 4 heteroatoms. The molecule has 3 nitrogen and oxygen atoms in total. The Balaban J connectivity index is 2.07. The number of carboxylic acid groups (broad SMARTS) is 1. The fraction of sp³-hybridized carbons (Fsp3) is 0.154. The maximum absolute atomic E-state index is 10.7. The maximum Gasteiger partial charge on any atom is 0.371 e. The van der Waals surface area contributed by atoms with Crippen molar-refractivity contribution in [2.75, 3.05) is 0 Å². The van der Waals surface area contributed by atoms with Gasteiger partial charge in [0.2, 0.25) is 5.76 Å². The molecule has 1 aromatic heterocycles. The number of aromatic carboxylic acids is 1. The van der Waals surface area contributed by atoms with Crippen LogP contribution in [0.3, 0.4) is 0 Å². The van der Waals surface area contributed by atoms with E-state index in [0.29, 0.717) is 11.5 Å². The third-order valence-electron chi connectivity index (χ3n) is 2.37. The second-order valence-electron chi connectivity index (χ2n) is 3.60. The predicted molar refractivity (Wildman–Crippen MR) is 66.4 cm³/mol. The Labute approximate surface area is 103 Å². The molecule has 17 heavy (non-hydrogen) atoms. The minimum Gasteiger partial charge on any atom is -0.475 e. The second-order valence-corrected chi connectivity index (χ2v) is 4.65. The summed E-state index contributed by atoms with van der Waals surface area (Å²) in [7, 11) is 0. The highest BCUT2D eigenvalue weighted by atomic mass is 32.2. The van der Waals surface area contributed by atoms with Crippen molar-refractivity contribution < 1.29 is 14.3 Å². The zero-order valence-corrected chi connectivity index (χ0v) is 10.2. The van der Waals surface area contributed by atoms with Crippen LogP contribution in [0.2, 0.25) is 0 Å². The topological polar surface area (TPSA) is 50.4 Å². The van der Waals surface area contributed by atoms with Crippen LogP contribution in [0, 0.1) is 6.92 Å². The average Bonchev–Trinajstić information content (AvgIpc) is 2.70. The highest BCUT2D eigenvalue weighted by molar-refractivity contribution is 7.98. The van der Waals surface area contributed by atoms with Crippen LogP contribution in [0.25, 0.3) is 0 Å². The number of hydrogen-bond donors (Lipinski definition) is 1. The molecule has 1 aromatic carbocycles. The van der Waals surface area contributed by atoms with E-state index in [1.54, 1.807) is 24.8 Å². The SMILES string of the molecule is Cc1oc(C(=O)O)cc1CSc1ccccc1. The fourth-order valence-electron chi connectivity index (χ4n) is 1.45. The van der Waals surface area contributed by atoms with Crippen LogP contribution in [-0.4, -0.2) is 11.1 Å². The van der Waals surface area contributed by atoms with Gasteiger partial charge in [0.25, 0.3) is 0 Å². The van der Waals surface area contributed by atoms with Gasteiger partial charge in [-0.3, -0.25) is 0 Å². The molecule has 0 aliphatic carbocycles. The Morgan fingerprint density at radius 2 is 2.06 bits per heavy atom. The maximum atomic E-state index is 10.7. The van der Waals surface area contributed by atoms with Crippen molar-refractivity contribution in [2.24, 2.45) is 0 Å². The number of aryl methyl sites for hydroxylation is 1. The molecule has 0 saturated heterocycles. The average molecular weight is 248 g/mol. The number of benzene rings is 1. The van der Waals surface area contributed by atoms with Crippen LogP contribution in [0.5, 0.6) is 0 Å². The van der Waals surface area contributed by atoms with Gasteiger partial charge in [0.05, 0.1) is 0 Å². The number of furan rings is 1. The largest absolute Gasteiger partial charge is 0.475 e. The van der Waals surface area contributed by atoms with Gasteiger partial charge in [0.1, 0.15) is 5.76 Å². The van der Waals surface area contributed by atoms with Crippen LogP contribution in [0.1, 0.15) is 21.9 Å². The number of carbonyl (C=O) groups is 1. The monoisotopic (exact) mass is 248 g/mol. The lowest BCUT2D eigenvalue weighted by Crippen LogP contribution is -1.91. The Kier molecular flexibility index (Phi) is 3.54. The predicted octanol–water partition coefficient (Wildman–Crippen LogP) is 3.58. The molecule has 0 atom stereocenters. The third-order valence-corrected chi connectivity index (χ3v) is 3.43. The van der Waals surface area contributed by atoms with Gasteiger partial charge in [0, 0.05) is 16.2 Å². The Morgan fingerprint density at radius 1 is 1.35 bits per heavy atom. The molecule has 0 aliphatic rings. The zero-order chi connectivity index (χ0) is 12.3. The van der Waals surface area contributed by atoms with Crippen molar-refractivity contribution in [1.82, 2.24) is 0 Å². The van der Waals surface area contributed by atoms with Crippen molar-refractivity contribution >= 4 is 17.7 Å². The van der Waals surface area contributed by atoms with Gasteiger partial charge < -0.3 is 9.52 Å². The number of carboxylic acids is 1. The quantitative estimate of drug-likeness (QED) is 0.840. The van der Waals surface area contributed by atoms with Crippen LogP contribution in [0.4, 0.5) is 0 Å². The van der Waals surface area contributed by atoms with Crippen molar-refractivity contribution in [3.8, 4) is 0 Å². The zero-order valence-electron chi connectivity index (χ0n) is 9.34. The molecule has 2 aromatic rings. The highest BCUT2D eigenvalue weighted by Crippen LogP contribution is 2.25. The Hall–Kier alpha value is -1.68. The minimum atomic E-state index is -1.02. The van der Waals surface area contributed by atoms with Crippen LogP contribution < -0.4 is 0 Å². The van der Waals surface area contributed by atoms with E-state index in [2.05, 4.69) is 0 Å². The molecule has 1 heterocycles. The summed E-state index contributed by atoms with van der Waals surface area (Å²) in [6.07, 6.45) is 0. The first kappa shape index (κ1) is 11.8. The second kappa shape index (κ2) is 5.10. The van der Waals surface area contributed by atoms with Crippen LogP contribution in [0.15, 0.2) is 45.7 Å². The lowest BCUT2D eigenvalue weighted by Gasteiger charge is -1.99. The smallest absolute Gasteiger partial charge is 0.371 e. The number of rotatable bonds is 4. The van der Waals surface area contributed by atoms with E-state index < -0.39 is 5.97 Å². The van der Waals surface area contributed by atoms with E-state index in [9.17, 15) is 4.79 Å². The molecule has 0 bridgehead atoms. The molecule has 0 aliphatic heterocycles. The first-order valence-electron chi connectivity index (χ1n) is 5.17. The summed E-state index contributed by atoms with van der Waals surface area (Å²) in [6.45, 7) is 1.79. The summed E-state index contributed by atoms with van der Waals surface area (Å²) in [4.78, 5) is 11.9. The van der Waals surface area contributed by atoms with E-state index in [1.165, 1.54) is 0 Å². The minimum absolute atomic E-state index is 0.00571. The van der Waals surface area contributed by atoms with Crippen molar-refractivity contribution in [3.63, 3.8) is 0 Å². The highest BCUT2D eigenvalue weighted by Gasteiger charge is 2.12.